The Morgan fingerprint density at radius 2 is 2.04 bits per heavy atom. The summed E-state index contributed by atoms with van der Waals surface area (Å²) in [6.07, 6.45) is 2.83. The van der Waals surface area contributed by atoms with Crippen molar-refractivity contribution in [3.05, 3.63) is 60.3 Å². The summed E-state index contributed by atoms with van der Waals surface area (Å²) in [5.74, 6) is -0.167. The van der Waals surface area contributed by atoms with Crippen molar-refractivity contribution in [1.82, 2.24) is 14.9 Å². The maximum absolute atomic E-state index is 12.9. The van der Waals surface area contributed by atoms with Crippen LogP contribution in [0.4, 0.5) is 5.13 Å². The minimum Gasteiger partial charge on any atom is -0.361 e. The van der Waals surface area contributed by atoms with E-state index in [2.05, 4.69) is 15.3 Å². The Bertz CT molecular complexity index is 1160. The first-order valence-corrected chi connectivity index (χ1v) is 10.0. The molecule has 2 N–H and O–H groups in total. The van der Waals surface area contributed by atoms with Crippen LogP contribution in [-0.2, 0) is 16.1 Å². The summed E-state index contributed by atoms with van der Waals surface area (Å²) >= 11 is 1.44. The maximum Gasteiger partial charge on any atom is 0.248 e. The second-order valence-corrected chi connectivity index (χ2v) is 7.94. The lowest BCUT2D eigenvalue weighted by Crippen LogP contribution is -2.41. The Hall–Kier alpha value is -3.19. The number of aromatic nitrogens is 2. The zero-order chi connectivity index (χ0) is 19.1. The molecule has 1 saturated heterocycles. The van der Waals surface area contributed by atoms with Crippen LogP contribution in [0.1, 0.15) is 18.4 Å². The SMILES string of the molecule is O=C(Nc1nc2ccccc2s1)C1CCC(=O)N1Cc1c[nH]c2ccccc12. The third-order valence-corrected chi connectivity index (χ3v) is 6.12. The first-order valence-electron chi connectivity index (χ1n) is 9.20. The van der Waals surface area contributed by atoms with Crippen molar-refractivity contribution in [1.29, 1.82) is 0 Å². The zero-order valence-electron chi connectivity index (χ0n) is 15.0. The van der Waals surface area contributed by atoms with Gasteiger partial charge in [0.1, 0.15) is 6.04 Å². The molecule has 1 unspecified atom stereocenters. The highest BCUT2D eigenvalue weighted by Crippen LogP contribution is 2.29. The number of H-pyrrole nitrogens is 1. The third kappa shape index (κ3) is 2.93. The van der Waals surface area contributed by atoms with Crippen molar-refractivity contribution in [3.63, 3.8) is 0 Å². The van der Waals surface area contributed by atoms with Gasteiger partial charge in [0.25, 0.3) is 0 Å². The predicted molar refractivity (Wildman–Crippen MR) is 110 cm³/mol. The highest BCUT2D eigenvalue weighted by atomic mass is 32.1. The largest absolute Gasteiger partial charge is 0.361 e. The number of carbonyl (C=O) groups excluding carboxylic acids is 2. The van der Waals surface area contributed by atoms with Gasteiger partial charge in [-0.05, 0) is 30.2 Å². The molecule has 4 aromatic rings. The number of thiazole rings is 1. The minimum atomic E-state index is -0.479. The molecular formula is C21H18N4O2S. The average Bonchev–Trinajstić information content (AvgIpc) is 3.39. The molecule has 0 bridgehead atoms. The molecule has 2 aromatic carbocycles. The standard InChI is InChI=1S/C21H18N4O2S/c26-19-10-9-17(20(27)24-21-23-16-7-3-4-8-18(16)28-21)25(19)12-13-11-22-15-6-2-1-5-14(13)15/h1-8,11,17,22H,9-10,12H2,(H,23,24,27). The Balaban J connectivity index is 1.37. The first-order chi connectivity index (χ1) is 13.7. The first kappa shape index (κ1) is 16.9. The van der Waals surface area contributed by atoms with Crippen molar-refractivity contribution < 1.29 is 9.59 Å². The van der Waals surface area contributed by atoms with Crippen molar-refractivity contribution in [3.8, 4) is 0 Å². The smallest absolute Gasteiger partial charge is 0.248 e. The number of para-hydroxylation sites is 2. The summed E-state index contributed by atoms with van der Waals surface area (Å²) in [7, 11) is 0. The lowest BCUT2D eigenvalue weighted by atomic mass is 10.1. The fraction of sp³-hybridized carbons (Fsp3) is 0.190. The van der Waals surface area contributed by atoms with E-state index in [0.717, 1.165) is 26.7 Å². The highest BCUT2D eigenvalue weighted by molar-refractivity contribution is 7.22. The van der Waals surface area contributed by atoms with E-state index in [9.17, 15) is 9.59 Å². The number of hydrogen-bond acceptors (Lipinski definition) is 4. The second kappa shape index (κ2) is 6.76. The summed E-state index contributed by atoms with van der Waals surface area (Å²) in [6.45, 7) is 0.417. The number of nitrogens with zero attached hydrogens (tertiary/aromatic N) is 2. The van der Waals surface area contributed by atoms with E-state index in [1.165, 1.54) is 11.3 Å². The molecule has 1 atom stereocenters. The maximum atomic E-state index is 12.9. The van der Waals surface area contributed by atoms with Gasteiger partial charge < -0.3 is 15.2 Å². The molecule has 6 nitrogen and oxygen atoms in total. The van der Waals surface area contributed by atoms with Crippen LogP contribution in [0.25, 0.3) is 21.1 Å². The van der Waals surface area contributed by atoms with E-state index >= 15 is 0 Å². The van der Waals surface area contributed by atoms with Crippen LogP contribution in [0.15, 0.2) is 54.7 Å². The van der Waals surface area contributed by atoms with Crippen LogP contribution in [0, 0.1) is 0 Å². The lowest BCUT2D eigenvalue weighted by molar-refractivity contribution is -0.133. The van der Waals surface area contributed by atoms with Gasteiger partial charge in [-0.15, -0.1) is 0 Å². The molecule has 0 aliphatic carbocycles. The zero-order valence-corrected chi connectivity index (χ0v) is 15.8. The number of fused-ring (bicyclic) bond motifs is 2. The molecule has 7 heteroatoms. The molecule has 1 fully saturated rings. The number of carbonyl (C=O) groups is 2. The Morgan fingerprint density at radius 1 is 1.21 bits per heavy atom. The minimum absolute atomic E-state index is 0.00901. The summed E-state index contributed by atoms with van der Waals surface area (Å²) in [6, 6.07) is 15.3. The van der Waals surface area contributed by atoms with E-state index in [4.69, 9.17) is 0 Å². The van der Waals surface area contributed by atoms with E-state index in [1.807, 2.05) is 54.7 Å². The monoisotopic (exact) mass is 390 g/mol. The number of likely N-dealkylation sites (tertiary alicyclic amines) is 1. The van der Waals surface area contributed by atoms with Gasteiger partial charge in [-0.3, -0.25) is 9.59 Å². The van der Waals surface area contributed by atoms with Gasteiger partial charge in [0, 0.05) is 30.1 Å². The van der Waals surface area contributed by atoms with Crippen LogP contribution >= 0.6 is 11.3 Å². The van der Waals surface area contributed by atoms with Gasteiger partial charge in [-0.1, -0.05) is 41.7 Å². The Kier molecular flexibility index (Phi) is 4.09. The molecule has 2 aromatic heterocycles. The van der Waals surface area contributed by atoms with Gasteiger partial charge >= 0.3 is 0 Å². The van der Waals surface area contributed by atoms with E-state index in [-0.39, 0.29) is 11.8 Å². The number of anilines is 1. The molecule has 1 aliphatic heterocycles. The van der Waals surface area contributed by atoms with Crippen LogP contribution < -0.4 is 5.32 Å². The highest BCUT2D eigenvalue weighted by Gasteiger charge is 2.36. The predicted octanol–water partition coefficient (Wildman–Crippen LogP) is 3.91. The van der Waals surface area contributed by atoms with Crippen LogP contribution in [0.5, 0.6) is 0 Å². The number of aromatic amines is 1. The lowest BCUT2D eigenvalue weighted by Gasteiger charge is -2.23. The topological polar surface area (TPSA) is 78.1 Å². The summed E-state index contributed by atoms with van der Waals surface area (Å²) in [4.78, 5) is 34.7. The Labute approximate surface area is 165 Å². The number of nitrogens with one attached hydrogen (secondary N) is 2. The van der Waals surface area contributed by atoms with Crippen molar-refractivity contribution in [2.24, 2.45) is 0 Å². The average molecular weight is 390 g/mol. The van der Waals surface area contributed by atoms with Gasteiger partial charge in [-0.25, -0.2) is 4.98 Å². The van der Waals surface area contributed by atoms with E-state index < -0.39 is 6.04 Å². The van der Waals surface area contributed by atoms with Crippen molar-refractivity contribution in [2.75, 3.05) is 5.32 Å². The number of rotatable bonds is 4. The van der Waals surface area contributed by atoms with Crippen molar-refractivity contribution in [2.45, 2.75) is 25.4 Å². The molecule has 1 aliphatic rings. The third-order valence-electron chi connectivity index (χ3n) is 5.17. The summed E-state index contributed by atoms with van der Waals surface area (Å²) < 4.78 is 1.02. The van der Waals surface area contributed by atoms with E-state index in [0.29, 0.717) is 24.5 Å². The molecule has 0 saturated carbocycles. The number of hydrogen-bond donors (Lipinski definition) is 2. The van der Waals surface area contributed by atoms with Gasteiger partial charge in [0.05, 0.1) is 10.2 Å². The number of benzene rings is 2. The number of amides is 2. The molecule has 3 heterocycles. The quantitative estimate of drug-likeness (QED) is 0.555. The second-order valence-electron chi connectivity index (χ2n) is 6.91. The van der Waals surface area contributed by atoms with Gasteiger partial charge in [0.15, 0.2) is 5.13 Å². The molecule has 140 valence electrons. The molecule has 28 heavy (non-hydrogen) atoms. The fourth-order valence-corrected chi connectivity index (χ4v) is 4.63. The van der Waals surface area contributed by atoms with E-state index in [1.54, 1.807) is 4.90 Å². The Morgan fingerprint density at radius 3 is 2.93 bits per heavy atom. The molecular weight excluding hydrogens is 372 g/mol. The van der Waals surface area contributed by atoms with Crippen molar-refractivity contribution >= 4 is 49.4 Å². The van der Waals surface area contributed by atoms with Gasteiger partial charge in [0.2, 0.25) is 11.8 Å². The molecule has 2 amide bonds. The molecule has 0 spiro atoms. The van der Waals surface area contributed by atoms with Gasteiger partial charge in [-0.2, -0.15) is 0 Å². The summed E-state index contributed by atoms with van der Waals surface area (Å²) in [5.41, 5.74) is 2.91. The normalized spacial score (nSPS) is 16.9. The molecule has 5 rings (SSSR count). The van der Waals surface area contributed by atoms with Crippen LogP contribution in [-0.4, -0.2) is 32.7 Å². The van der Waals surface area contributed by atoms with Crippen LogP contribution in [0.3, 0.4) is 0 Å². The van der Waals surface area contributed by atoms with Crippen LogP contribution in [0.2, 0.25) is 0 Å². The fourth-order valence-electron chi connectivity index (χ4n) is 3.76. The molecule has 0 radical (unpaired) electrons. The summed E-state index contributed by atoms with van der Waals surface area (Å²) in [5, 5.41) is 4.55.